The van der Waals surface area contributed by atoms with E-state index in [1.807, 2.05) is 12.1 Å². The smallest absolute Gasteiger partial charge is 0.119 e. The SMILES string of the molecule is CN1CCCC1CNCc1cccc(OCCCC#N)c1. The summed E-state index contributed by atoms with van der Waals surface area (Å²) in [6, 6.07) is 11.0. The Morgan fingerprint density at radius 1 is 1.48 bits per heavy atom. The van der Waals surface area contributed by atoms with Crippen molar-refractivity contribution in [1.29, 1.82) is 5.26 Å². The second kappa shape index (κ2) is 8.66. The Morgan fingerprint density at radius 3 is 3.14 bits per heavy atom. The number of unbranched alkanes of at least 4 members (excludes halogenated alkanes) is 1. The quantitative estimate of drug-likeness (QED) is 0.747. The second-order valence-electron chi connectivity index (χ2n) is 5.67. The van der Waals surface area contributed by atoms with Gasteiger partial charge in [-0.3, -0.25) is 0 Å². The number of likely N-dealkylation sites (tertiary alicyclic amines) is 1. The lowest BCUT2D eigenvalue weighted by Crippen LogP contribution is -2.35. The number of nitrogens with zero attached hydrogens (tertiary/aromatic N) is 2. The lowest BCUT2D eigenvalue weighted by molar-refractivity contribution is 0.300. The van der Waals surface area contributed by atoms with Gasteiger partial charge in [0, 0.05) is 25.6 Å². The molecule has 0 aliphatic carbocycles. The fourth-order valence-electron chi connectivity index (χ4n) is 2.71. The van der Waals surface area contributed by atoms with Crippen LogP contribution in [0.2, 0.25) is 0 Å². The van der Waals surface area contributed by atoms with Crippen LogP contribution in [0.25, 0.3) is 0 Å². The molecule has 1 fully saturated rings. The number of ether oxygens (including phenoxy) is 1. The molecule has 4 nitrogen and oxygen atoms in total. The van der Waals surface area contributed by atoms with Crippen LogP contribution in [0.3, 0.4) is 0 Å². The Hall–Kier alpha value is -1.57. The zero-order chi connectivity index (χ0) is 14.9. The minimum Gasteiger partial charge on any atom is -0.494 e. The Morgan fingerprint density at radius 2 is 2.38 bits per heavy atom. The molecule has 2 rings (SSSR count). The molecule has 1 aromatic carbocycles. The van der Waals surface area contributed by atoms with Crippen molar-refractivity contribution in [2.75, 3.05) is 26.7 Å². The van der Waals surface area contributed by atoms with Gasteiger partial charge in [0.05, 0.1) is 12.7 Å². The van der Waals surface area contributed by atoms with Crippen LogP contribution in [-0.4, -0.2) is 37.7 Å². The number of hydrogen-bond acceptors (Lipinski definition) is 4. The van der Waals surface area contributed by atoms with Gasteiger partial charge in [-0.05, 0) is 50.6 Å². The average molecular weight is 287 g/mol. The van der Waals surface area contributed by atoms with E-state index in [9.17, 15) is 0 Å². The van der Waals surface area contributed by atoms with Crippen molar-refractivity contribution >= 4 is 0 Å². The number of benzene rings is 1. The molecule has 0 amide bonds. The summed E-state index contributed by atoms with van der Waals surface area (Å²) in [5.74, 6) is 0.894. The summed E-state index contributed by atoms with van der Waals surface area (Å²) >= 11 is 0. The Balaban J connectivity index is 1.71. The highest BCUT2D eigenvalue weighted by atomic mass is 16.5. The zero-order valence-corrected chi connectivity index (χ0v) is 12.8. The molecule has 1 atom stereocenters. The first-order chi connectivity index (χ1) is 10.3. The van der Waals surface area contributed by atoms with Crippen LogP contribution in [0, 0.1) is 11.3 Å². The van der Waals surface area contributed by atoms with Crippen molar-refractivity contribution < 1.29 is 4.74 Å². The number of hydrogen-bond donors (Lipinski definition) is 1. The fraction of sp³-hybridized carbons (Fsp3) is 0.588. The first-order valence-corrected chi connectivity index (χ1v) is 7.79. The molecule has 0 bridgehead atoms. The molecule has 0 radical (unpaired) electrons. The van der Waals surface area contributed by atoms with Crippen molar-refractivity contribution in [3.05, 3.63) is 29.8 Å². The largest absolute Gasteiger partial charge is 0.494 e. The normalized spacial score (nSPS) is 18.6. The third kappa shape index (κ3) is 5.37. The topological polar surface area (TPSA) is 48.3 Å². The zero-order valence-electron chi connectivity index (χ0n) is 12.8. The summed E-state index contributed by atoms with van der Waals surface area (Å²) in [4.78, 5) is 2.43. The van der Waals surface area contributed by atoms with E-state index in [1.165, 1.54) is 24.9 Å². The minimum atomic E-state index is 0.552. The Kier molecular flexibility index (Phi) is 6.52. The lowest BCUT2D eigenvalue weighted by atomic mass is 10.2. The lowest BCUT2D eigenvalue weighted by Gasteiger charge is -2.19. The van der Waals surface area contributed by atoms with Gasteiger partial charge in [0.15, 0.2) is 0 Å². The molecule has 1 saturated heterocycles. The molecule has 114 valence electrons. The van der Waals surface area contributed by atoms with Crippen LogP contribution in [0.15, 0.2) is 24.3 Å². The highest BCUT2D eigenvalue weighted by molar-refractivity contribution is 5.28. The standard InChI is InChI=1S/C17H25N3O/c1-20-10-5-7-16(20)14-19-13-15-6-4-8-17(12-15)21-11-3-2-9-18/h4,6,8,12,16,19H,2-3,5,7,10-11,13-14H2,1H3. The van der Waals surface area contributed by atoms with E-state index >= 15 is 0 Å². The van der Waals surface area contributed by atoms with E-state index < -0.39 is 0 Å². The molecule has 1 aliphatic heterocycles. The average Bonchev–Trinajstić information content (AvgIpc) is 2.90. The molecule has 4 heteroatoms. The molecule has 21 heavy (non-hydrogen) atoms. The number of likely N-dealkylation sites (N-methyl/N-ethyl adjacent to an activating group) is 1. The highest BCUT2D eigenvalue weighted by Crippen LogP contribution is 2.15. The van der Waals surface area contributed by atoms with Gasteiger partial charge < -0.3 is 15.0 Å². The van der Waals surface area contributed by atoms with Crippen LogP contribution in [0.4, 0.5) is 0 Å². The molecule has 1 unspecified atom stereocenters. The number of nitrogens with one attached hydrogen (secondary N) is 1. The van der Waals surface area contributed by atoms with Crippen molar-refractivity contribution in [3.8, 4) is 11.8 Å². The third-order valence-electron chi connectivity index (χ3n) is 3.98. The second-order valence-corrected chi connectivity index (χ2v) is 5.67. The van der Waals surface area contributed by atoms with Gasteiger partial charge in [-0.15, -0.1) is 0 Å². The van der Waals surface area contributed by atoms with Crippen molar-refractivity contribution in [2.45, 2.75) is 38.3 Å². The molecule has 0 spiro atoms. The predicted molar refractivity (Wildman–Crippen MR) is 84.1 cm³/mol. The summed E-state index contributed by atoms with van der Waals surface area (Å²) < 4.78 is 5.66. The maximum atomic E-state index is 8.50. The van der Waals surface area contributed by atoms with Gasteiger partial charge in [0.25, 0.3) is 0 Å². The molecule has 1 heterocycles. The van der Waals surface area contributed by atoms with Gasteiger partial charge >= 0.3 is 0 Å². The monoisotopic (exact) mass is 287 g/mol. The van der Waals surface area contributed by atoms with Crippen molar-refractivity contribution in [3.63, 3.8) is 0 Å². The van der Waals surface area contributed by atoms with Crippen LogP contribution < -0.4 is 10.1 Å². The van der Waals surface area contributed by atoms with E-state index in [2.05, 4.69) is 35.5 Å². The van der Waals surface area contributed by atoms with E-state index in [0.29, 0.717) is 19.1 Å². The van der Waals surface area contributed by atoms with Crippen molar-refractivity contribution in [2.24, 2.45) is 0 Å². The fourth-order valence-corrected chi connectivity index (χ4v) is 2.71. The molecule has 1 N–H and O–H groups in total. The summed E-state index contributed by atoms with van der Waals surface area (Å²) in [6.07, 6.45) is 3.95. The third-order valence-corrected chi connectivity index (χ3v) is 3.98. The van der Waals surface area contributed by atoms with Crippen LogP contribution >= 0.6 is 0 Å². The summed E-state index contributed by atoms with van der Waals surface area (Å²) in [6.45, 7) is 3.75. The minimum absolute atomic E-state index is 0.552. The van der Waals surface area contributed by atoms with E-state index in [-0.39, 0.29) is 0 Å². The molecule has 1 aromatic rings. The molecule has 0 aromatic heterocycles. The molecule has 0 saturated carbocycles. The molecular formula is C17H25N3O. The maximum absolute atomic E-state index is 8.50. The van der Waals surface area contributed by atoms with E-state index in [4.69, 9.17) is 10.00 Å². The van der Waals surface area contributed by atoms with Gasteiger partial charge in [0.1, 0.15) is 5.75 Å². The van der Waals surface area contributed by atoms with Gasteiger partial charge in [0.2, 0.25) is 0 Å². The van der Waals surface area contributed by atoms with E-state index in [1.54, 1.807) is 0 Å². The van der Waals surface area contributed by atoms with Gasteiger partial charge in [-0.25, -0.2) is 0 Å². The predicted octanol–water partition coefficient (Wildman–Crippen LogP) is 2.55. The van der Waals surface area contributed by atoms with Crippen molar-refractivity contribution in [1.82, 2.24) is 10.2 Å². The first kappa shape index (κ1) is 15.8. The number of nitriles is 1. The number of rotatable bonds is 8. The van der Waals surface area contributed by atoms with Gasteiger partial charge in [-0.2, -0.15) is 5.26 Å². The van der Waals surface area contributed by atoms with Crippen LogP contribution in [0.1, 0.15) is 31.2 Å². The van der Waals surface area contributed by atoms with E-state index in [0.717, 1.165) is 25.3 Å². The van der Waals surface area contributed by atoms with Crippen LogP contribution in [-0.2, 0) is 6.54 Å². The first-order valence-electron chi connectivity index (χ1n) is 7.79. The summed E-state index contributed by atoms with van der Waals surface area (Å²) in [5, 5.41) is 12.0. The molecule has 1 aliphatic rings. The van der Waals surface area contributed by atoms with Crippen LogP contribution in [0.5, 0.6) is 5.75 Å². The van der Waals surface area contributed by atoms with Gasteiger partial charge in [-0.1, -0.05) is 12.1 Å². The maximum Gasteiger partial charge on any atom is 0.119 e. The Labute approximate surface area is 127 Å². The Bertz CT molecular complexity index is 469. The highest BCUT2D eigenvalue weighted by Gasteiger charge is 2.19. The summed E-state index contributed by atoms with van der Waals surface area (Å²) in [5.41, 5.74) is 1.24. The summed E-state index contributed by atoms with van der Waals surface area (Å²) in [7, 11) is 2.20. The molecular weight excluding hydrogens is 262 g/mol.